The predicted octanol–water partition coefficient (Wildman–Crippen LogP) is 4.46. The van der Waals surface area contributed by atoms with Crippen LogP contribution in [0.5, 0.6) is 0 Å². The fraction of sp³-hybridized carbons (Fsp3) is 0.167. The van der Waals surface area contributed by atoms with Gasteiger partial charge in [0.15, 0.2) is 0 Å². The van der Waals surface area contributed by atoms with E-state index in [9.17, 15) is 0 Å². The lowest BCUT2D eigenvalue weighted by Gasteiger charge is -2.11. The van der Waals surface area contributed by atoms with Crippen LogP contribution in [-0.4, -0.2) is 4.98 Å². The Balaban J connectivity index is 1.91. The Morgan fingerprint density at radius 1 is 0.900 bits per heavy atom. The second kappa shape index (κ2) is 5.33. The second-order valence-electron chi connectivity index (χ2n) is 5.11. The van der Waals surface area contributed by atoms with Crippen LogP contribution in [0.3, 0.4) is 0 Å². The number of nitrogens with one attached hydrogen (secondary N) is 1. The zero-order valence-corrected chi connectivity index (χ0v) is 11.9. The molecule has 0 aliphatic carbocycles. The van der Waals surface area contributed by atoms with Crippen molar-refractivity contribution in [2.75, 3.05) is 5.32 Å². The van der Waals surface area contributed by atoms with Crippen LogP contribution in [0.2, 0.25) is 0 Å². The van der Waals surface area contributed by atoms with Gasteiger partial charge in [-0.3, -0.25) is 4.98 Å². The number of anilines is 1. The van der Waals surface area contributed by atoms with Crippen molar-refractivity contribution in [3.8, 4) is 0 Å². The molecule has 0 saturated carbocycles. The highest BCUT2D eigenvalue weighted by molar-refractivity contribution is 5.90. The topological polar surface area (TPSA) is 24.9 Å². The van der Waals surface area contributed by atoms with Crippen LogP contribution >= 0.6 is 0 Å². The fourth-order valence-corrected chi connectivity index (χ4v) is 2.39. The molecule has 2 nitrogen and oxygen atoms in total. The van der Waals surface area contributed by atoms with Gasteiger partial charge in [0.1, 0.15) is 0 Å². The Kier molecular flexibility index (Phi) is 3.38. The zero-order valence-electron chi connectivity index (χ0n) is 11.9. The van der Waals surface area contributed by atoms with Gasteiger partial charge in [-0.25, -0.2) is 0 Å². The molecule has 0 atom stereocenters. The number of aryl methyl sites for hydroxylation is 2. The lowest BCUT2D eigenvalue weighted by atomic mass is 10.1. The van der Waals surface area contributed by atoms with E-state index in [1.165, 1.54) is 16.5 Å². The number of hydrogen-bond donors (Lipinski definition) is 1. The van der Waals surface area contributed by atoms with E-state index in [0.717, 1.165) is 23.4 Å². The van der Waals surface area contributed by atoms with Gasteiger partial charge < -0.3 is 5.32 Å². The molecule has 0 spiro atoms. The van der Waals surface area contributed by atoms with Gasteiger partial charge in [0.2, 0.25) is 0 Å². The second-order valence-corrected chi connectivity index (χ2v) is 5.11. The Hall–Kier alpha value is -2.35. The number of nitrogens with zero attached hydrogens (tertiary/aromatic N) is 1. The summed E-state index contributed by atoms with van der Waals surface area (Å²) in [6.07, 6.45) is 0. The summed E-state index contributed by atoms with van der Waals surface area (Å²) in [5, 5.41) is 4.68. The van der Waals surface area contributed by atoms with Crippen LogP contribution in [0.4, 0.5) is 5.69 Å². The van der Waals surface area contributed by atoms with Crippen LogP contribution in [0.15, 0.2) is 54.6 Å². The molecule has 0 fully saturated rings. The number of pyridine rings is 1. The monoisotopic (exact) mass is 262 g/mol. The Morgan fingerprint density at radius 2 is 1.75 bits per heavy atom. The summed E-state index contributed by atoms with van der Waals surface area (Å²) in [4.78, 5) is 4.65. The summed E-state index contributed by atoms with van der Waals surface area (Å²) in [6.45, 7) is 4.99. The SMILES string of the molecule is Cc1ccc2cccc(NCc3ccccc3C)c2n1. The van der Waals surface area contributed by atoms with Gasteiger partial charge in [0.25, 0.3) is 0 Å². The number of para-hydroxylation sites is 1. The van der Waals surface area contributed by atoms with Crippen molar-refractivity contribution in [3.63, 3.8) is 0 Å². The number of hydrogen-bond acceptors (Lipinski definition) is 2. The molecule has 2 heteroatoms. The highest BCUT2D eigenvalue weighted by atomic mass is 14.9. The molecule has 3 rings (SSSR count). The molecule has 0 unspecified atom stereocenters. The molecule has 0 amide bonds. The van der Waals surface area contributed by atoms with Gasteiger partial charge in [-0.1, -0.05) is 42.5 Å². The minimum Gasteiger partial charge on any atom is -0.379 e. The van der Waals surface area contributed by atoms with E-state index in [-0.39, 0.29) is 0 Å². The Bertz CT molecular complexity index is 747. The Labute approximate surface area is 119 Å². The lowest BCUT2D eigenvalue weighted by Crippen LogP contribution is -2.02. The summed E-state index contributed by atoms with van der Waals surface area (Å²) in [5.74, 6) is 0. The summed E-state index contributed by atoms with van der Waals surface area (Å²) >= 11 is 0. The molecule has 2 aromatic carbocycles. The third-order valence-corrected chi connectivity index (χ3v) is 3.59. The van der Waals surface area contributed by atoms with Gasteiger partial charge in [-0.15, -0.1) is 0 Å². The van der Waals surface area contributed by atoms with Crippen LogP contribution < -0.4 is 5.32 Å². The fourth-order valence-electron chi connectivity index (χ4n) is 2.39. The van der Waals surface area contributed by atoms with Crippen molar-refractivity contribution >= 4 is 16.6 Å². The highest BCUT2D eigenvalue weighted by Crippen LogP contribution is 2.22. The largest absolute Gasteiger partial charge is 0.379 e. The van der Waals surface area contributed by atoms with E-state index in [1.807, 2.05) is 13.0 Å². The average Bonchev–Trinajstić information content (AvgIpc) is 2.46. The first-order valence-corrected chi connectivity index (χ1v) is 6.89. The molecule has 20 heavy (non-hydrogen) atoms. The summed E-state index contributed by atoms with van der Waals surface area (Å²) in [7, 11) is 0. The maximum Gasteiger partial charge on any atom is 0.0936 e. The molecule has 0 radical (unpaired) electrons. The minimum atomic E-state index is 0.821. The van der Waals surface area contributed by atoms with Gasteiger partial charge >= 0.3 is 0 Å². The van der Waals surface area contributed by atoms with E-state index in [2.05, 4.69) is 65.8 Å². The molecule has 0 bridgehead atoms. The first kappa shape index (κ1) is 12.7. The molecule has 100 valence electrons. The van der Waals surface area contributed by atoms with Crippen LogP contribution in [0, 0.1) is 13.8 Å². The van der Waals surface area contributed by atoms with Crippen molar-refractivity contribution in [2.45, 2.75) is 20.4 Å². The van der Waals surface area contributed by atoms with E-state index in [4.69, 9.17) is 0 Å². The molecule has 1 aromatic heterocycles. The van der Waals surface area contributed by atoms with Crippen LogP contribution in [-0.2, 0) is 6.54 Å². The molecule has 0 saturated heterocycles. The molecular formula is C18H18N2. The molecular weight excluding hydrogens is 244 g/mol. The normalized spacial score (nSPS) is 10.7. The van der Waals surface area contributed by atoms with E-state index < -0.39 is 0 Å². The summed E-state index contributed by atoms with van der Waals surface area (Å²) < 4.78 is 0. The van der Waals surface area contributed by atoms with Crippen molar-refractivity contribution in [3.05, 3.63) is 71.4 Å². The smallest absolute Gasteiger partial charge is 0.0936 e. The predicted molar refractivity (Wildman–Crippen MR) is 85.0 cm³/mol. The number of benzene rings is 2. The minimum absolute atomic E-state index is 0.821. The van der Waals surface area contributed by atoms with Crippen molar-refractivity contribution in [2.24, 2.45) is 0 Å². The molecule has 0 aliphatic heterocycles. The third kappa shape index (κ3) is 2.50. The van der Waals surface area contributed by atoms with E-state index in [1.54, 1.807) is 0 Å². The maximum atomic E-state index is 4.65. The van der Waals surface area contributed by atoms with Gasteiger partial charge in [-0.2, -0.15) is 0 Å². The van der Waals surface area contributed by atoms with Crippen molar-refractivity contribution in [1.82, 2.24) is 4.98 Å². The third-order valence-electron chi connectivity index (χ3n) is 3.59. The van der Waals surface area contributed by atoms with Gasteiger partial charge in [-0.05, 0) is 37.1 Å². The van der Waals surface area contributed by atoms with E-state index in [0.29, 0.717) is 0 Å². The maximum absolute atomic E-state index is 4.65. The number of fused-ring (bicyclic) bond motifs is 1. The standard InChI is InChI=1S/C18H18N2/c1-13-6-3-4-7-16(13)12-19-17-9-5-8-15-11-10-14(2)20-18(15)17/h3-11,19H,12H2,1-2H3. The first-order chi connectivity index (χ1) is 9.74. The Morgan fingerprint density at radius 3 is 2.60 bits per heavy atom. The van der Waals surface area contributed by atoms with Gasteiger partial charge in [0, 0.05) is 17.6 Å². The molecule has 1 N–H and O–H groups in total. The van der Waals surface area contributed by atoms with Crippen molar-refractivity contribution < 1.29 is 0 Å². The van der Waals surface area contributed by atoms with Crippen molar-refractivity contribution in [1.29, 1.82) is 0 Å². The van der Waals surface area contributed by atoms with Crippen LogP contribution in [0.1, 0.15) is 16.8 Å². The highest BCUT2D eigenvalue weighted by Gasteiger charge is 2.03. The van der Waals surface area contributed by atoms with Crippen LogP contribution in [0.25, 0.3) is 10.9 Å². The molecule has 0 aliphatic rings. The number of aromatic nitrogens is 1. The number of rotatable bonds is 3. The van der Waals surface area contributed by atoms with E-state index >= 15 is 0 Å². The lowest BCUT2D eigenvalue weighted by molar-refractivity contribution is 1.12. The first-order valence-electron chi connectivity index (χ1n) is 6.89. The molecule has 3 aromatic rings. The summed E-state index contributed by atoms with van der Waals surface area (Å²) in [5.41, 5.74) is 5.81. The quantitative estimate of drug-likeness (QED) is 0.753. The molecule has 1 heterocycles. The van der Waals surface area contributed by atoms with Gasteiger partial charge in [0.05, 0.1) is 11.2 Å². The summed E-state index contributed by atoms with van der Waals surface area (Å²) in [6, 6.07) is 18.9. The average molecular weight is 262 g/mol. The zero-order chi connectivity index (χ0) is 13.9.